The van der Waals surface area contributed by atoms with Gasteiger partial charge in [0, 0.05) is 26.7 Å². The molecule has 0 saturated carbocycles. The van der Waals surface area contributed by atoms with Crippen molar-refractivity contribution in [3.8, 4) is 0 Å². The Bertz CT molecular complexity index is 324. The average molecular weight is 194 g/mol. The van der Waals surface area contributed by atoms with Crippen LogP contribution in [0.2, 0.25) is 0 Å². The van der Waals surface area contributed by atoms with Crippen molar-refractivity contribution in [2.24, 2.45) is 0 Å². The molecule has 1 aromatic heterocycles. The lowest BCUT2D eigenvalue weighted by Gasteiger charge is -2.14. The molecule has 0 radical (unpaired) electrons. The van der Waals surface area contributed by atoms with Crippen LogP contribution in [0.1, 0.15) is 12.0 Å². The van der Waals surface area contributed by atoms with E-state index in [-0.39, 0.29) is 6.42 Å². The second kappa shape index (κ2) is 4.60. The highest BCUT2D eigenvalue weighted by atomic mass is 16.4. The Kier molecular flexibility index (Phi) is 3.45. The van der Waals surface area contributed by atoms with Gasteiger partial charge in [0.25, 0.3) is 0 Å². The molecule has 0 aliphatic carbocycles. The Morgan fingerprint density at radius 1 is 1.57 bits per heavy atom. The fraction of sp³-hybridized carbons (Fsp3) is 0.400. The van der Waals surface area contributed by atoms with Gasteiger partial charge in [-0.05, 0) is 18.1 Å². The summed E-state index contributed by atoms with van der Waals surface area (Å²) >= 11 is 0. The van der Waals surface area contributed by atoms with Crippen LogP contribution < -0.4 is 4.90 Å². The molecular weight excluding hydrogens is 180 g/mol. The van der Waals surface area contributed by atoms with Gasteiger partial charge in [-0.1, -0.05) is 6.07 Å². The molecule has 0 aliphatic rings. The molecule has 0 amide bonds. The molecule has 0 fully saturated rings. The minimum absolute atomic E-state index is 0.145. The Labute approximate surface area is 83.2 Å². The molecule has 0 unspecified atom stereocenters. The van der Waals surface area contributed by atoms with Gasteiger partial charge in [-0.15, -0.1) is 0 Å². The van der Waals surface area contributed by atoms with E-state index in [0.717, 1.165) is 11.4 Å². The van der Waals surface area contributed by atoms with E-state index in [1.807, 2.05) is 31.1 Å². The molecule has 1 rings (SSSR count). The van der Waals surface area contributed by atoms with Crippen molar-refractivity contribution >= 4 is 11.8 Å². The summed E-state index contributed by atoms with van der Waals surface area (Å²) in [6, 6.07) is 3.73. The predicted molar refractivity (Wildman–Crippen MR) is 54.5 cm³/mol. The van der Waals surface area contributed by atoms with Crippen molar-refractivity contribution in [1.82, 2.24) is 4.98 Å². The molecule has 4 heteroatoms. The quantitative estimate of drug-likeness (QED) is 0.781. The number of carboxylic acid groups (broad SMARTS) is 1. The van der Waals surface area contributed by atoms with E-state index in [4.69, 9.17) is 5.11 Å². The van der Waals surface area contributed by atoms with Crippen molar-refractivity contribution in [2.75, 3.05) is 19.0 Å². The van der Waals surface area contributed by atoms with Crippen molar-refractivity contribution in [3.63, 3.8) is 0 Å². The number of pyridine rings is 1. The van der Waals surface area contributed by atoms with E-state index in [1.165, 1.54) is 0 Å². The average Bonchev–Trinajstić information content (AvgIpc) is 2.15. The zero-order chi connectivity index (χ0) is 10.6. The van der Waals surface area contributed by atoms with Crippen LogP contribution in [0.4, 0.5) is 5.82 Å². The number of carbonyl (C=O) groups is 1. The number of rotatable bonds is 4. The van der Waals surface area contributed by atoms with E-state index in [0.29, 0.717) is 6.42 Å². The summed E-state index contributed by atoms with van der Waals surface area (Å²) in [5.74, 6) is 0.0623. The summed E-state index contributed by atoms with van der Waals surface area (Å²) in [7, 11) is 3.79. The largest absolute Gasteiger partial charge is 0.481 e. The molecule has 76 valence electrons. The Hall–Kier alpha value is -1.58. The van der Waals surface area contributed by atoms with Crippen LogP contribution >= 0.6 is 0 Å². The summed E-state index contributed by atoms with van der Waals surface area (Å²) in [6.45, 7) is 0. The molecule has 1 aromatic rings. The van der Waals surface area contributed by atoms with E-state index >= 15 is 0 Å². The topological polar surface area (TPSA) is 53.4 Å². The third kappa shape index (κ3) is 2.73. The molecule has 0 saturated heterocycles. The maximum atomic E-state index is 10.4. The maximum absolute atomic E-state index is 10.4. The number of aromatic nitrogens is 1. The molecule has 4 nitrogen and oxygen atoms in total. The number of carboxylic acids is 1. The highest BCUT2D eigenvalue weighted by Gasteiger charge is 2.06. The highest BCUT2D eigenvalue weighted by molar-refractivity contribution is 5.67. The third-order valence-corrected chi connectivity index (χ3v) is 1.90. The van der Waals surface area contributed by atoms with Crippen LogP contribution in [0, 0.1) is 0 Å². The Morgan fingerprint density at radius 3 is 2.86 bits per heavy atom. The minimum atomic E-state index is -0.779. The molecule has 0 bridgehead atoms. The van der Waals surface area contributed by atoms with E-state index < -0.39 is 5.97 Å². The number of aryl methyl sites for hydroxylation is 1. The number of aliphatic carboxylic acids is 1. The molecule has 1 N–H and O–H groups in total. The van der Waals surface area contributed by atoms with Crippen molar-refractivity contribution in [2.45, 2.75) is 12.8 Å². The van der Waals surface area contributed by atoms with Gasteiger partial charge in [0.2, 0.25) is 0 Å². The van der Waals surface area contributed by atoms with Crippen molar-refractivity contribution in [3.05, 3.63) is 23.9 Å². The first-order valence-electron chi connectivity index (χ1n) is 4.44. The molecular formula is C10H14N2O2. The molecule has 14 heavy (non-hydrogen) atoms. The first-order valence-corrected chi connectivity index (χ1v) is 4.44. The third-order valence-electron chi connectivity index (χ3n) is 1.90. The van der Waals surface area contributed by atoms with E-state index in [1.54, 1.807) is 6.20 Å². The maximum Gasteiger partial charge on any atom is 0.303 e. The Morgan fingerprint density at radius 2 is 2.29 bits per heavy atom. The monoisotopic (exact) mass is 194 g/mol. The van der Waals surface area contributed by atoms with Crippen LogP contribution in [0.15, 0.2) is 18.3 Å². The van der Waals surface area contributed by atoms with Gasteiger partial charge in [0.05, 0.1) is 0 Å². The van der Waals surface area contributed by atoms with Crippen LogP contribution in [0.5, 0.6) is 0 Å². The SMILES string of the molecule is CN(C)c1ncccc1CCC(=O)O. The standard InChI is InChI=1S/C10H14N2O2/c1-12(2)10-8(4-3-7-11-10)5-6-9(13)14/h3-4,7H,5-6H2,1-2H3,(H,13,14). The van der Waals surface area contributed by atoms with Gasteiger partial charge in [-0.25, -0.2) is 4.98 Å². The Balaban J connectivity index is 2.79. The van der Waals surface area contributed by atoms with E-state index in [2.05, 4.69) is 4.98 Å². The van der Waals surface area contributed by atoms with Gasteiger partial charge in [-0.2, -0.15) is 0 Å². The summed E-state index contributed by atoms with van der Waals surface area (Å²) < 4.78 is 0. The van der Waals surface area contributed by atoms with Crippen LogP contribution in [-0.4, -0.2) is 30.2 Å². The smallest absolute Gasteiger partial charge is 0.303 e. The summed E-state index contributed by atoms with van der Waals surface area (Å²) in [4.78, 5) is 16.5. The lowest BCUT2D eigenvalue weighted by molar-refractivity contribution is -0.136. The second-order valence-electron chi connectivity index (χ2n) is 3.27. The first-order chi connectivity index (χ1) is 6.61. The van der Waals surface area contributed by atoms with Gasteiger partial charge in [0.15, 0.2) is 0 Å². The summed E-state index contributed by atoms with van der Waals surface area (Å²) in [5.41, 5.74) is 0.972. The number of hydrogen-bond acceptors (Lipinski definition) is 3. The molecule has 0 aromatic carbocycles. The normalized spacial score (nSPS) is 9.86. The van der Waals surface area contributed by atoms with Crippen LogP contribution in [0.3, 0.4) is 0 Å². The molecule has 1 heterocycles. The fourth-order valence-corrected chi connectivity index (χ4v) is 1.27. The minimum Gasteiger partial charge on any atom is -0.481 e. The molecule has 0 atom stereocenters. The number of hydrogen-bond donors (Lipinski definition) is 1. The number of anilines is 1. The number of nitrogens with zero attached hydrogens (tertiary/aromatic N) is 2. The lowest BCUT2D eigenvalue weighted by atomic mass is 10.1. The zero-order valence-corrected chi connectivity index (χ0v) is 8.40. The predicted octanol–water partition coefficient (Wildman–Crippen LogP) is 1.16. The highest BCUT2D eigenvalue weighted by Crippen LogP contribution is 2.15. The first kappa shape index (κ1) is 10.5. The van der Waals surface area contributed by atoms with Crippen LogP contribution in [0.25, 0.3) is 0 Å². The molecule has 0 aliphatic heterocycles. The van der Waals surface area contributed by atoms with Crippen molar-refractivity contribution in [1.29, 1.82) is 0 Å². The second-order valence-corrected chi connectivity index (χ2v) is 3.27. The summed E-state index contributed by atoms with van der Waals surface area (Å²) in [5, 5.41) is 8.57. The van der Waals surface area contributed by atoms with Gasteiger partial charge < -0.3 is 10.0 Å². The van der Waals surface area contributed by atoms with Crippen molar-refractivity contribution < 1.29 is 9.90 Å². The molecule has 0 spiro atoms. The lowest BCUT2D eigenvalue weighted by Crippen LogP contribution is -2.13. The van der Waals surface area contributed by atoms with Gasteiger partial charge in [-0.3, -0.25) is 4.79 Å². The van der Waals surface area contributed by atoms with E-state index in [9.17, 15) is 4.79 Å². The summed E-state index contributed by atoms with van der Waals surface area (Å²) in [6.07, 6.45) is 2.38. The fourth-order valence-electron chi connectivity index (χ4n) is 1.27. The van der Waals surface area contributed by atoms with Gasteiger partial charge in [0.1, 0.15) is 5.82 Å². The van der Waals surface area contributed by atoms with Gasteiger partial charge >= 0.3 is 5.97 Å². The zero-order valence-electron chi connectivity index (χ0n) is 8.40. The van der Waals surface area contributed by atoms with Crippen LogP contribution in [-0.2, 0) is 11.2 Å².